The number of benzene rings is 4. The Morgan fingerprint density at radius 1 is 0.905 bits per heavy atom. The number of aliphatic hydroxyl groups excluding tert-OH is 1. The van der Waals surface area contributed by atoms with E-state index in [9.17, 15) is 4.79 Å². The first kappa shape index (κ1) is 29.5. The lowest BCUT2D eigenvalue weighted by Gasteiger charge is -2.31. The van der Waals surface area contributed by atoms with E-state index in [0.717, 1.165) is 27.6 Å². The summed E-state index contributed by atoms with van der Waals surface area (Å²) in [6, 6.07) is 35.3. The van der Waals surface area contributed by atoms with Gasteiger partial charge in [0, 0.05) is 36.0 Å². The number of hydrogen-bond donors (Lipinski definition) is 3. The first-order valence-corrected chi connectivity index (χ1v) is 14.8. The molecule has 0 saturated carbocycles. The molecule has 7 nitrogen and oxygen atoms in total. The monoisotopic (exact) mass is 627 g/mol. The molecule has 4 aromatic carbocycles. The van der Waals surface area contributed by atoms with Crippen LogP contribution < -0.4 is 15.6 Å². The first-order chi connectivity index (χ1) is 20.6. The molecule has 216 valence electrons. The number of amides is 1. The summed E-state index contributed by atoms with van der Waals surface area (Å²) in [5.74, 6) is 0.803. The first-order valence-electron chi connectivity index (χ1n) is 14.0. The summed E-state index contributed by atoms with van der Waals surface area (Å²) in [6.07, 6.45) is 0.994. The van der Waals surface area contributed by atoms with Crippen LogP contribution in [-0.2, 0) is 22.4 Å². The molecule has 1 heterocycles. The molecule has 42 heavy (non-hydrogen) atoms. The van der Waals surface area contributed by atoms with Crippen LogP contribution in [0.4, 0.5) is 0 Å². The molecule has 0 aliphatic carbocycles. The Balaban J connectivity index is 1.46. The van der Waals surface area contributed by atoms with E-state index in [2.05, 4.69) is 38.9 Å². The van der Waals surface area contributed by atoms with Crippen LogP contribution in [0.25, 0.3) is 0 Å². The maximum atomic E-state index is 14.2. The third kappa shape index (κ3) is 7.26. The zero-order chi connectivity index (χ0) is 29.2. The fraction of sp³-hybridized carbons (Fsp3) is 0.235. The number of carbonyl (C=O) groups is 1. The van der Waals surface area contributed by atoms with Crippen LogP contribution in [0.5, 0.6) is 5.75 Å². The minimum absolute atomic E-state index is 0.0762. The summed E-state index contributed by atoms with van der Waals surface area (Å²) in [7, 11) is 0. The number of halogens is 1. The number of ether oxygens (including phenoxy) is 2. The highest BCUT2D eigenvalue weighted by Gasteiger charge is 2.53. The molecule has 1 aliphatic heterocycles. The fourth-order valence-corrected chi connectivity index (χ4v) is 5.19. The normalized spacial score (nSPS) is 17.8. The van der Waals surface area contributed by atoms with Crippen molar-refractivity contribution < 1.29 is 19.4 Å². The minimum atomic E-state index is -1.28. The highest BCUT2D eigenvalue weighted by molar-refractivity contribution is 9.10. The van der Waals surface area contributed by atoms with Crippen LogP contribution in [0.15, 0.2) is 119 Å². The van der Waals surface area contributed by atoms with Crippen LogP contribution in [0.1, 0.15) is 34.8 Å². The SMILES string of the molecule is O=C(NNCCc1ccccc1)[C@@]1(Cc2ccccc2)N=C(c2ccc(OCCCO)cc2)O[C@H]1c1ccc(Br)cc1. The van der Waals surface area contributed by atoms with Gasteiger partial charge in [0.05, 0.1) is 6.61 Å². The van der Waals surface area contributed by atoms with E-state index in [4.69, 9.17) is 19.6 Å². The number of nitrogens with one attached hydrogen (secondary N) is 2. The van der Waals surface area contributed by atoms with Crippen molar-refractivity contribution in [3.05, 3.63) is 136 Å². The van der Waals surface area contributed by atoms with Gasteiger partial charge < -0.3 is 14.6 Å². The van der Waals surface area contributed by atoms with Crippen molar-refractivity contribution in [2.24, 2.45) is 4.99 Å². The van der Waals surface area contributed by atoms with Crippen molar-refractivity contribution >= 4 is 27.7 Å². The molecule has 0 unspecified atom stereocenters. The zero-order valence-corrected chi connectivity index (χ0v) is 24.8. The smallest absolute Gasteiger partial charge is 0.266 e. The number of hydrogen-bond acceptors (Lipinski definition) is 6. The van der Waals surface area contributed by atoms with Gasteiger partial charge in [-0.25, -0.2) is 10.4 Å². The number of aliphatic imine (C=N–C) groups is 1. The Hall–Kier alpha value is -3.98. The highest BCUT2D eigenvalue weighted by atomic mass is 79.9. The molecular weight excluding hydrogens is 594 g/mol. The van der Waals surface area contributed by atoms with Gasteiger partial charge in [0.1, 0.15) is 5.75 Å². The van der Waals surface area contributed by atoms with Crippen molar-refractivity contribution in [3.8, 4) is 5.75 Å². The number of aliphatic hydroxyl groups is 1. The average molecular weight is 629 g/mol. The summed E-state index contributed by atoms with van der Waals surface area (Å²) in [5.41, 5.74) is 8.53. The molecule has 0 spiro atoms. The number of rotatable bonds is 13. The molecule has 3 N–H and O–H groups in total. The van der Waals surface area contributed by atoms with E-state index in [0.29, 0.717) is 37.6 Å². The van der Waals surface area contributed by atoms with Crippen molar-refractivity contribution in [2.45, 2.75) is 30.9 Å². The van der Waals surface area contributed by atoms with Gasteiger partial charge in [-0.15, -0.1) is 0 Å². The average Bonchev–Trinajstić information content (AvgIpc) is 3.41. The van der Waals surface area contributed by atoms with Crippen LogP contribution in [-0.4, -0.2) is 42.2 Å². The number of carbonyl (C=O) groups excluding carboxylic acids is 1. The lowest BCUT2D eigenvalue weighted by atomic mass is 9.82. The van der Waals surface area contributed by atoms with Gasteiger partial charge in [0.25, 0.3) is 5.91 Å². The maximum absolute atomic E-state index is 14.2. The number of nitrogens with zero attached hydrogens (tertiary/aromatic N) is 1. The Labute approximate surface area is 254 Å². The predicted octanol–water partition coefficient (Wildman–Crippen LogP) is 5.57. The molecule has 2 atom stereocenters. The Kier molecular flexibility index (Phi) is 10.0. The molecule has 0 bridgehead atoms. The molecule has 0 saturated heterocycles. The predicted molar refractivity (Wildman–Crippen MR) is 167 cm³/mol. The third-order valence-electron chi connectivity index (χ3n) is 7.10. The minimum Gasteiger partial charge on any atom is -0.494 e. The summed E-state index contributed by atoms with van der Waals surface area (Å²) >= 11 is 3.52. The summed E-state index contributed by atoms with van der Waals surface area (Å²) < 4.78 is 13.2. The third-order valence-corrected chi connectivity index (χ3v) is 7.63. The second-order valence-corrected chi connectivity index (χ2v) is 11.0. The van der Waals surface area contributed by atoms with Crippen LogP contribution >= 0.6 is 15.9 Å². The topological polar surface area (TPSA) is 92.2 Å². The summed E-state index contributed by atoms with van der Waals surface area (Å²) in [5, 5.41) is 9.03. The van der Waals surface area contributed by atoms with Crippen molar-refractivity contribution in [2.75, 3.05) is 19.8 Å². The molecule has 4 aromatic rings. The van der Waals surface area contributed by atoms with E-state index in [1.54, 1.807) is 0 Å². The highest BCUT2D eigenvalue weighted by Crippen LogP contribution is 2.42. The van der Waals surface area contributed by atoms with E-state index < -0.39 is 11.6 Å². The number of hydrazine groups is 1. The van der Waals surface area contributed by atoms with Crippen LogP contribution in [0.2, 0.25) is 0 Å². The maximum Gasteiger partial charge on any atom is 0.266 e. The Morgan fingerprint density at radius 2 is 1.57 bits per heavy atom. The van der Waals surface area contributed by atoms with E-state index in [1.807, 2.05) is 97.1 Å². The van der Waals surface area contributed by atoms with Gasteiger partial charge in [-0.2, -0.15) is 0 Å². The quantitative estimate of drug-likeness (QED) is 0.133. The van der Waals surface area contributed by atoms with Gasteiger partial charge in [-0.05, 0) is 59.5 Å². The molecule has 0 aromatic heterocycles. The molecule has 5 rings (SSSR count). The van der Waals surface area contributed by atoms with Gasteiger partial charge >= 0.3 is 0 Å². The Morgan fingerprint density at radius 3 is 2.24 bits per heavy atom. The van der Waals surface area contributed by atoms with Crippen LogP contribution in [0.3, 0.4) is 0 Å². The zero-order valence-electron chi connectivity index (χ0n) is 23.2. The van der Waals surface area contributed by atoms with Gasteiger partial charge in [0.2, 0.25) is 5.90 Å². The van der Waals surface area contributed by atoms with Crippen molar-refractivity contribution in [3.63, 3.8) is 0 Å². The standard InChI is InChI=1S/C34H34BrN3O4/c35-29-16-12-27(13-17-29)31-34(24-26-10-5-2-6-11-26,33(40)38-36-21-20-25-8-3-1-4-9-25)37-32(42-31)28-14-18-30(19-15-28)41-23-7-22-39/h1-6,8-19,31,36,39H,7,20-24H2,(H,38,40)/t31-,34-/m0/s1. The molecule has 0 fully saturated rings. The van der Waals surface area contributed by atoms with Crippen molar-refractivity contribution in [1.82, 2.24) is 10.9 Å². The lowest BCUT2D eigenvalue weighted by Crippen LogP contribution is -2.54. The molecule has 8 heteroatoms. The van der Waals surface area contributed by atoms with Gasteiger partial charge in [-0.1, -0.05) is 88.7 Å². The molecule has 1 amide bonds. The lowest BCUT2D eigenvalue weighted by molar-refractivity contribution is -0.130. The fourth-order valence-electron chi connectivity index (χ4n) is 4.93. The van der Waals surface area contributed by atoms with Gasteiger partial charge in [-0.3, -0.25) is 10.2 Å². The summed E-state index contributed by atoms with van der Waals surface area (Å²) in [4.78, 5) is 19.3. The van der Waals surface area contributed by atoms with E-state index in [1.165, 1.54) is 5.56 Å². The van der Waals surface area contributed by atoms with E-state index >= 15 is 0 Å². The van der Waals surface area contributed by atoms with Crippen molar-refractivity contribution in [1.29, 1.82) is 0 Å². The largest absolute Gasteiger partial charge is 0.494 e. The second-order valence-electron chi connectivity index (χ2n) is 10.1. The summed E-state index contributed by atoms with van der Waals surface area (Å²) in [6.45, 7) is 1.07. The Bertz CT molecular complexity index is 1460. The van der Waals surface area contributed by atoms with E-state index in [-0.39, 0.29) is 12.5 Å². The molecule has 0 radical (unpaired) electrons. The molecule has 1 aliphatic rings. The second kappa shape index (κ2) is 14.3. The van der Waals surface area contributed by atoms with Gasteiger partial charge in [0.15, 0.2) is 11.6 Å². The molecular formula is C34H34BrN3O4. The van der Waals surface area contributed by atoms with Crippen LogP contribution in [0, 0.1) is 0 Å².